The number of nitrogens with two attached hydrogens (primary N) is 1. The number of nitrogens with zero attached hydrogens (tertiary/aromatic N) is 1. The zero-order valence-electron chi connectivity index (χ0n) is 15.7. The van der Waals surface area contributed by atoms with E-state index in [4.69, 9.17) is 0 Å². The lowest BCUT2D eigenvalue weighted by Crippen LogP contribution is -2.87. The molecule has 0 fully saturated rings. The maximum absolute atomic E-state index is 12.7. The molecule has 0 heterocycles. The van der Waals surface area contributed by atoms with Gasteiger partial charge in [0.05, 0.1) is 10.5 Å². The van der Waals surface area contributed by atoms with Crippen molar-refractivity contribution in [3.8, 4) is 0 Å². The minimum Gasteiger partial charge on any atom is -0.378 e. The summed E-state index contributed by atoms with van der Waals surface area (Å²) < 4.78 is 38.1. The minimum atomic E-state index is -4.66. The molecule has 1 atom stereocenters. The number of hydrogen-bond acceptors (Lipinski definition) is 4. The van der Waals surface area contributed by atoms with E-state index in [1.165, 1.54) is 0 Å². The predicted molar refractivity (Wildman–Crippen MR) is 101 cm³/mol. The van der Waals surface area contributed by atoms with E-state index in [0.717, 1.165) is 17.7 Å². The van der Waals surface area contributed by atoms with E-state index < -0.39 is 22.4 Å². The number of halogens is 3. The number of carbonyl (C=O) groups excluding carboxylic acids is 1. The summed E-state index contributed by atoms with van der Waals surface area (Å²) in [4.78, 5) is 22.1. The van der Waals surface area contributed by atoms with Crippen molar-refractivity contribution in [2.45, 2.75) is 19.1 Å². The lowest BCUT2D eigenvalue weighted by Gasteiger charge is -2.12. The summed E-state index contributed by atoms with van der Waals surface area (Å²) in [5.74, 6) is -0.212. The van der Waals surface area contributed by atoms with E-state index in [2.05, 4.69) is 10.6 Å². The second-order valence-electron chi connectivity index (χ2n) is 6.40. The van der Waals surface area contributed by atoms with Crippen LogP contribution in [0, 0.1) is 10.1 Å². The van der Waals surface area contributed by atoms with E-state index >= 15 is 0 Å². The molecular weight excluding hydrogens is 389 g/mol. The van der Waals surface area contributed by atoms with Crippen molar-refractivity contribution in [3.63, 3.8) is 0 Å². The van der Waals surface area contributed by atoms with Gasteiger partial charge in [-0.3, -0.25) is 14.9 Å². The van der Waals surface area contributed by atoms with Crippen LogP contribution in [0.4, 0.5) is 24.5 Å². The van der Waals surface area contributed by atoms with Gasteiger partial charge in [0.15, 0.2) is 6.54 Å². The molecule has 10 heteroatoms. The fraction of sp³-hybridized carbons (Fsp3) is 0.316. The van der Waals surface area contributed by atoms with E-state index in [9.17, 15) is 28.1 Å². The molecule has 156 valence electrons. The SMILES string of the molecule is C[C@@H]([NH2+]CC(=O)NCCNc1ccc(C(F)(F)F)cc1[N+](=O)[O-])c1ccccc1. The average molecular weight is 411 g/mol. The molecule has 0 unspecified atom stereocenters. The zero-order chi connectivity index (χ0) is 21.4. The van der Waals surface area contributed by atoms with E-state index in [-0.39, 0.29) is 37.3 Å². The highest BCUT2D eigenvalue weighted by Gasteiger charge is 2.33. The number of nitro groups is 1. The first kappa shape index (κ1) is 22.2. The van der Waals surface area contributed by atoms with Crippen molar-refractivity contribution in [1.82, 2.24) is 5.32 Å². The lowest BCUT2D eigenvalue weighted by molar-refractivity contribution is -0.682. The molecule has 0 aliphatic rings. The molecule has 1 amide bonds. The maximum atomic E-state index is 12.7. The van der Waals surface area contributed by atoms with Gasteiger partial charge in [0.2, 0.25) is 0 Å². The van der Waals surface area contributed by atoms with Gasteiger partial charge in [-0.15, -0.1) is 0 Å². The number of amides is 1. The van der Waals surface area contributed by atoms with Gasteiger partial charge < -0.3 is 16.0 Å². The van der Waals surface area contributed by atoms with Crippen molar-refractivity contribution in [1.29, 1.82) is 0 Å². The number of anilines is 1. The van der Waals surface area contributed by atoms with Crippen LogP contribution in [-0.4, -0.2) is 30.5 Å². The highest BCUT2D eigenvalue weighted by atomic mass is 19.4. The van der Waals surface area contributed by atoms with Gasteiger partial charge in [-0.25, -0.2) is 0 Å². The third kappa shape index (κ3) is 6.75. The summed E-state index contributed by atoms with van der Waals surface area (Å²) in [6.45, 7) is 2.49. The Balaban J connectivity index is 1.79. The first-order valence-corrected chi connectivity index (χ1v) is 8.93. The standard InChI is InChI=1S/C19H21F3N4O3/c1-13(14-5-3-2-4-6-14)25-12-18(27)24-10-9-23-16-8-7-15(19(20,21)22)11-17(16)26(28)29/h2-8,11,13,23,25H,9-10,12H2,1H3,(H,24,27)/p+1/t13-/m1/s1. The molecule has 29 heavy (non-hydrogen) atoms. The molecule has 0 saturated heterocycles. The van der Waals surface area contributed by atoms with Crippen LogP contribution >= 0.6 is 0 Å². The number of rotatable bonds is 9. The number of alkyl halides is 3. The largest absolute Gasteiger partial charge is 0.416 e. The fourth-order valence-electron chi connectivity index (χ4n) is 2.66. The monoisotopic (exact) mass is 411 g/mol. The van der Waals surface area contributed by atoms with Gasteiger partial charge in [-0.05, 0) is 19.1 Å². The van der Waals surface area contributed by atoms with Crippen molar-refractivity contribution in [2.24, 2.45) is 0 Å². The number of hydrogen-bond donors (Lipinski definition) is 3. The molecule has 0 aliphatic heterocycles. The topological polar surface area (TPSA) is 101 Å². The van der Waals surface area contributed by atoms with Crippen LogP contribution in [0.25, 0.3) is 0 Å². The van der Waals surface area contributed by atoms with Crippen molar-refractivity contribution in [3.05, 3.63) is 69.8 Å². The third-order valence-corrected chi connectivity index (χ3v) is 4.27. The Bertz CT molecular complexity index is 844. The molecular formula is C19H22F3N4O3+. The average Bonchev–Trinajstić information content (AvgIpc) is 2.69. The molecule has 0 aliphatic carbocycles. The van der Waals surface area contributed by atoms with Gasteiger partial charge in [0.25, 0.3) is 11.6 Å². The Morgan fingerprint density at radius 3 is 2.48 bits per heavy atom. The molecule has 2 aromatic carbocycles. The molecule has 0 radical (unpaired) electrons. The first-order valence-electron chi connectivity index (χ1n) is 8.93. The van der Waals surface area contributed by atoms with Crippen molar-refractivity contribution < 1.29 is 28.2 Å². The second-order valence-corrected chi connectivity index (χ2v) is 6.40. The van der Waals surface area contributed by atoms with Crippen LogP contribution in [-0.2, 0) is 11.0 Å². The molecule has 0 bridgehead atoms. The summed E-state index contributed by atoms with van der Waals surface area (Å²) in [7, 11) is 0. The third-order valence-electron chi connectivity index (χ3n) is 4.27. The van der Waals surface area contributed by atoms with Gasteiger partial charge in [0, 0.05) is 24.7 Å². The van der Waals surface area contributed by atoms with Crippen LogP contribution in [0.15, 0.2) is 48.5 Å². The quantitative estimate of drug-likeness (QED) is 0.335. The Morgan fingerprint density at radius 2 is 1.86 bits per heavy atom. The molecule has 4 N–H and O–H groups in total. The number of nitro benzene ring substituents is 1. The van der Waals surface area contributed by atoms with Crippen LogP contribution < -0.4 is 16.0 Å². The lowest BCUT2D eigenvalue weighted by atomic mass is 10.1. The highest BCUT2D eigenvalue weighted by molar-refractivity contribution is 5.76. The van der Waals surface area contributed by atoms with E-state index in [1.54, 1.807) is 0 Å². The van der Waals surface area contributed by atoms with Gasteiger partial charge >= 0.3 is 6.18 Å². The van der Waals surface area contributed by atoms with Crippen LogP contribution in [0.5, 0.6) is 0 Å². The summed E-state index contributed by atoms with van der Waals surface area (Å²) in [5.41, 5.74) is -0.708. The second kappa shape index (κ2) is 9.87. The smallest absolute Gasteiger partial charge is 0.378 e. The Kier molecular flexibility index (Phi) is 7.54. The fourth-order valence-corrected chi connectivity index (χ4v) is 2.66. The molecule has 0 saturated carbocycles. The summed E-state index contributed by atoms with van der Waals surface area (Å²) >= 11 is 0. The van der Waals surface area contributed by atoms with Crippen LogP contribution in [0.1, 0.15) is 24.1 Å². The predicted octanol–water partition coefficient (Wildman–Crippen LogP) is 2.47. The Labute approximate surface area is 165 Å². The molecule has 0 spiro atoms. The van der Waals surface area contributed by atoms with E-state index in [0.29, 0.717) is 6.07 Å². The number of quaternary nitrogens is 1. The van der Waals surface area contributed by atoms with E-state index in [1.807, 2.05) is 42.6 Å². The van der Waals surface area contributed by atoms with Gasteiger partial charge in [-0.2, -0.15) is 13.2 Å². The van der Waals surface area contributed by atoms with Crippen LogP contribution in [0.3, 0.4) is 0 Å². The summed E-state index contributed by atoms with van der Waals surface area (Å²) in [5, 5.41) is 18.3. The normalized spacial score (nSPS) is 12.3. The van der Waals surface area contributed by atoms with Crippen LogP contribution in [0.2, 0.25) is 0 Å². The van der Waals surface area contributed by atoms with Crippen molar-refractivity contribution >= 4 is 17.3 Å². The van der Waals surface area contributed by atoms with Gasteiger partial charge in [-0.1, -0.05) is 30.3 Å². The first-order chi connectivity index (χ1) is 13.7. The maximum Gasteiger partial charge on any atom is 0.416 e. The minimum absolute atomic E-state index is 0.0403. The summed E-state index contributed by atoms with van der Waals surface area (Å²) in [6, 6.07) is 12.1. The number of benzene rings is 2. The van der Waals surface area contributed by atoms with Crippen molar-refractivity contribution in [2.75, 3.05) is 25.0 Å². The number of carbonyl (C=O) groups is 1. The van der Waals surface area contributed by atoms with Gasteiger partial charge in [0.1, 0.15) is 11.7 Å². The Hall–Kier alpha value is -3.14. The highest BCUT2D eigenvalue weighted by Crippen LogP contribution is 2.34. The zero-order valence-corrected chi connectivity index (χ0v) is 15.7. The Morgan fingerprint density at radius 1 is 1.17 bits per heavy atom. The summed E-state index contributed by atoms with van der Waals surface area (Å²) in [6.07, 6.45) is -4.66. The molecule has 2 rings (SSSR count). The molecule has 0 aromatic heterocycles. The number of nitrogens with one attached hydrogen (secondary N) is 2. The molecule has 2 aromatic rings. The molecule has 7 nitrogen and oxygen atoms in total.